The van der Waals surface area contributed by atoms with Crippen molar-refractivity contribution in [3.05, 3.63) is 70.1 Å². The summed E-state index contributed by atoms with van der Waals surface area (Å²) in [6, 6.07) is 13.4. The van der Waals surface area contributed by atoms with E-state index in [0.717, 1.165) is 11.0 Å². The molecule has 0 aliphatic heterocycles. The summed E-state index contributed by atoms with van der Waals surface area (Å²) in [5.74, 6) is 0.299. The van der Waals surface area contributed by atoms with E-state index >= 15 is 0 Å². The highest BCUT2D eigenvalue weighted by molar-refractivity contribution is 6.05. The number of non-ortho nitro benzene ring substituents is 1. The summed E-state index contributed by atoms with van der Waals surface area (Å²) in [4.78, 5) is 25.0. The van der Waals surface area contributed by atoms with Crippen LogP contribution in [0, 0.1) is 10.1 Å². The van der Waals surface area contributed by atoms with Crippen molar-refractivity contribution < 1.29 is 14.1 Å². The topological polar surface area (TPSA) is 105 Å². The first-order valence-corrected chi connectivity index (χ1v) is 8.34. The molecule has 1 N–H and O–H groups in total. The van der Waals surface area contributed by atoms with Gasteiger partial charge in [0, 0.05) is 30.0 Å². The SMILES string of the molecule is C[C@H](c1cc2ccccc2o1)N(C)C(=O)c1n[nH]c2ccc([N+](=O)[O-])cc12. The van der Waals surface area contributed by atoms with Crippen molar-refractivity contribution in [3.63, 3.8) is 0 Å². The zero-order valence-electron chi connectivity index (χ0n) is 14.7. The van der Waals surface area contributed by atoms with E-state index in [9.17, 15) is 14.9 Å². The third-order valence-electron chi connectivity index (χ3n) is 4.72. The van der Waals surface area contributed by atoms with E-state index in [2.05, 4.69) is 10.2 Å². The number of nitro benzene ring substituents is 1. The van der Waals surface area contributed by atoms with E-state index in [4.69, 9.17) is 4.42 Å². The summed E-state index contributed by atoms with van der Waals surface area (Å²) in [5.41, 5.74) is 1.36. The molecule has 4 rings (SSSR count). The molecular formula is C19H16N4O4. The summed E-state index contributed by atoms with van der Waals surface area (Å²) >= 11 is 0. The predicted octanol–water partition coefficient (Wildman–Crippen LogP) is 4.05. The number of hydrogen-bond donors (Lipinski definition) is 1. The van der Waals surface area contributed by atoms with Crippen LogP contribution in [-0.2, 0) is 0 Å². The van der Waals surface area contributed by atoms with Crippen molar-refractivity contribution in [2.45, 2.75) is 13.0 Å². The van der Waals surface area contributed by atoms with Crippen LogP contribution in [0.5, 0.6) is 0 Å². The average Bonchev–Trinajstić information content (AvgIpc) is 3.29. The second kappa shape index (κ2) is 6.24. The number of carbonyl (C=O) groups is 1. The molecule has 0 unspecified atom stereocenters. The third-order valence-corrected chi connectivity index (χ3v) is 4.72. The van der Waals surface area contributed by atoms with Gasteiger partial charge in [-0.25, -0.2) is 0 Å². The summed E-state index contributed by atoms with van der Waals surface area (Å²) in [7, 11) is 1.65. The maximum absolute atomic E-state index is 13.0. The zero-order valence-corrected chi connectivity index (χ0v) is 14.7. The normalized spacial score (nSPS) is 12.4. The molecule has 2 aromatic heterocycles. The van der Waals surface area contributed by atoms with Gasteiger partial charge in [-0.05, 0) is 25.1 Å². The number of carbonyl (C=O) groups excluding carboxylic acids is 1. The van der Waals surface area contributed by atoms with Gasteiger partial charge >= 0.3 is 0 Å². The average molecular weight is 364 g/mol. The number of para-hydroxylation sites is 1. The van der Waals surface area contributed by atoms with E-state index < -0.39 is 4.92 Å². The first kappa shape index (κ1) is 16.8. The van der Waals surface area contributed by atoms with E-state index in [1.165, 1.54) is 17.0 Å². The van der Waals surface area contributed by atoms with Crippen molar-refractivity contribution >= 4 is 33.5 Å². The number of hydrogen-bond acceptors (Lipinski definition) is 5. The van der Waals surface area contributed by atoms with Crippen LogP contribution in [0.1, 0.15) is 29.2 Å². The molecule has 0 spiro atoms. The predicted molar refractivity (Wildman–Crippen MR) is 99.5 cm³/mol. The lowest BCUT2D eigenvalue weighted by atomic mass is 10.1. The number of fused-ring (bicyclic) bond motifs is 2. The van der Waals surface area contributed by atoms with Crippen molar-refractivity contribution in [2.24, 2.45) is 0 Å². The number of benzene rings is 2. The molecule has 4 aromatic rings. The van der Waals surface area contributed by atoms with E-state index in [0.29, 0.717) is 16.7 Å². The molecule has 8 nitrogen and oxygen atoms in total. The first-order chi connectivity index (χ1) is 13.0. The number of amides is 1. The van der Waals surface area contributed by atoms with Gasteiger partial charge < -0.3 is 9.32 Å². The molecule has 0 bridgehead atoms. The van der Waals surface area contributed by atoms with Crippen LogP contribution in [-0.4, -0.2) is 33.0 Å². The number of furan rings is 1. The highest BCUT2D eigenvalue weighted by Crippen LogP contribution is 2.29. The standard InChI is InChI=1S/C19H16N4O4/c1-11(17-9-12-5-3-4-6-16(12)27-17)22(2)19(24)18-14-10-13(23(25)26)7-8-15(14)20-21-18/h3-11H,1-2H3,(H,20,21)/t11-/m1/s1. The molecule has 0 saturated carbocycles. The number of nitro groups is 1. The van der Waals surface area contributed by atoms with Crippen molar-refractivity contribution in [3.8, 4) is 0 Å². The minimum absolute atomic E-state index is 0.0917. The van der Waals surface area contributed by atoms with Crippen LogP contribution in [0.25, 0.3) is 21.9 Å². The molecule has 0 radical (unpaired) electrons. The Morgan fingerprint density at radius 3 is 2.78 bits per heavy atom. The maximum atomic E-state index is 13.0. The van der Waals surface area contributed by atoms with Gasteiger partial charge in [-0.1, -0.05) is 18.2 Å². The van der Waals surface area contributed by atoms with Crippen LogP contribution in [0.3, 0.4) is 0 Å². The molecule has 136 valence electrons. The third kappa shape index (κ3) is 2.80. The Morgan fingerprint density at radius 2 is 2.04 bits per heavy atom. The maximum Gasteiger partial charge on any atom is 0.275 e. The van der Waals surface area contributed by atoms with Gasteiger partial charge in [-0.3, -0.25) is 20.0 Å². The Kier molecular flexibility index (Phi) is 3.88. The van der Waals surface area contributed by atoms with Crippen molar-refractivity contribution in [2.75, 3.05) is 7.05 Å². The van der Waals surface area contributed by atoms with Gasteiger partial charge in [0.1, 0.15) is 11.3 Å². The molecule has 2 heterocycles. The molecule has 0 saturated heterocycles. The Morgan fingerprint density at radius 1 is 1.26 bits per heavy atom. The van der Waals surface area contributed by atoms with E-state index in [1.807, 2.05) is 37.3 Å². The van der Waals surface area contributed by atoms with Gasteiger partial charge in [-0.2, -0.15) is 5.10 Å². The van der Waals surface area contributed by atoms with Crippen LogP contribution in [0.4, 0.5) is 5.69 Å². The van der Waals surface area contributed by atoms with Crippen LogP contribution >= 0.6 is 0 Å². The number of aromatic amines is 1. The van der Waals surface area contributed by atoms with Crippen LogP contribution in [0.2, 0.25) is 0 Å². The lowest BCUT2D eigenvalue weighted by Gasteiger charge is -2.22. The fourth-order valence-corrected chi connectivity index (χ4v) is 3.02. The van der Waals surface area contributed by atoms with Crippen molar-refractivity contribution in [1.29, 1.82) is 0 Å². The fourth-order valence-electron chi connectivity index (χ4n) is 3.02. The fraction of sp³-hybridized carbons (Fsp3) is 0.158. The number of aromatic nitrogens is 2. The second-order valence-corrected chi connectivity index (χ2v) is 6.34. The smallest absolute Gasteiger partial charge is 0.275 e. The van der Waals surface area contributed by atoms with Gasteiger partial charge in [-0.15, -0.1) is 0 Å². The molecule has 0 aliphatic carbocycles. The molecule has 1 amide bonds. The van der Waals surface area contributed by atoms with Gasteiger partial charge in [0.2, 0.25) is 0 Å². The Hall–Kier alpha value is -3.68. The number of H-pyrrole nitrogens is 1. The molecular weight excluding hydrogens is 348 g/mol. The van der Waals surface area contributed by atoms with Crippen LogP contribution in [0.15, 0.2) is 52.9 Å². The second-order valence-electron chi connectivity index (χ2n) is 6.34. The molecule has 8 heteroatoms. The Bertz CT molecular complexity index is 1140. The van der Waals surface area contributed by atoms with Crippen LogP contribution < -0.4 is 0 Å². The van der Waals surface area contributed by atoms with E-state index in [-0.39, 0.29) is 23.3 Å². The zero-order chi connectivity index (χ0) is 19.1. The number of nitrogens with one attached hydrogen (secondary N) is 1. The lowest BCUT2D eigenvalue weighted by molar-refractivity contribution is -0.384. The highest BCUT2D eigenvalue weighted by atomic mass is 16.6. The molecule has 27 heavy (non-hydrogen) atoms. The minimum atomic E-state index is -0.499. The number of nitrogens with zero attached hydrogens (tertiary/aromatic N) is 3. The molecule has 2 aromatic carbocycles. The van der Waals surface area contributed by atoms with Crippen molar-refractivity contribution in [1.82, 2.24) is 15.1 Å². The van der Waals surface area contributed by atoms with E-state index in [1.54, 1.807) is 13.1 Å². The summed E-state index contributed by atoms with van der Waals surface area (Å²) in [5, 5.41) is 19.2. The Balaban J connectivity index is 1.68. The van der Waals surface area contributed by atoms with Gasteiger partial charge in [0.15, 0.2) is 5.69 Å². The first-order valence-electron chi connectivity index (χ1n) is 8.34. The van der Waals surface area contributed by atoms with Gasteiger partial charge in [0.05, 0.1) is 16.5 Å². The summed E-state index contributed by atoms with van der Waals surface area (Å²) in [6.07, 6.45) is 0. The molecule has 1 atom stereocenters. The minimum Gasteiger partial charge on any atom is -0.459 e. The Labute approximate surface area is 153 Å². The molecule has 0 aliphatic rings. The van der Waals surface area contributed by atoms with Gasteiger partial charge in [0.25, 0.3) is 11.6 Å². The quantitative estimate of drug-likeness (QED) is 0.434. The molecule has 0 fully saturated rings. The monoisotopic (exact) mass is 364 g/mol. The summed E-state index contributed by atoms with van der Waals surface area (Å²) < 4.78 is 5.85. The lowest BCUT2D eigenvalue weighted by Crippen LogP contribution is -2.29. The number of rotatable bonds is 4. The highest BCUT2D eigenvalue weighted by Gasteiger charge is 2.26. The largest absolute Gasteiger partial charge is 0.459 e. The summed E-state index contributed by atoms with van der Waals surface area (Å²) in [6.45, 7) is 1.85.